The quantitative estimate of drug-likeness (QED) is 0.273. The van der Waals surface area contributed by atoms with E-state index in [1.807, 2.05) is 115 Å². The number of hydrogen-bond donors (Lipinski definition) is 1. The van der Waals surface area contributed by atoms with Gasteiger partial charge in [-0.3, -0.25) is 5.41 Å². The molecule has 0 spiro atoms. The summed E-state index contributed by atoms with van der Waals surface area (Å²) in [5, 5.41) is 8.25. The van der Waals surface area contributed by atoms with E-state index < -0.39 is 0 Å². The molecule has 0 unspecified atom stereocenters. The van der Waals surface area contributed by atoms with Crippen molar-refractivity contribution in [1.29, 1.82) is 5.41 Å². The zero-order valence-corrected chi connectivity index (χ0v) is 17.6. The van der Waals surface area contributed by atoms with Gasteiger partial charge in [0.2, 0.25) is 11.8 Å². The number of nitrogens with zero attached hydrogens (tertiary/aromatic N) is 1. The van der Waals surface area contributed by atoms with Crippen molar-refractivity contribution in [3.63, 3.8) is 0 Å². The molecule has 32 heavy (non-hydrogen) atoms. The second-order valence-electron chi connectivity index (χ2n) is 7.21. The van der Waals surface area contributed by atoms with Crippen molar-refractivity contribution >= 4 is 17.5 Å². The van der Waals surface area contributed by atoms with Gasteiger partial charge in [-0.2, -0.15) is 0 Å². The van der Waals surface area contributed by atoms with Crippen LogP contribution in [-0.2, 0) is 22.7 Å². The first-order chi connectivity index (χ1) is 15.8. The van der Waals surface area contributed by atoms with Crippen LogP contribution < -0.4 is 0 Å². The first-order valence-corrected chi connectivity index (χ1v) is 10.4. The van der Waals surface area contributed by atoms with Gasteiger partial charge in [0, 0.05) is 11.1 Å². The van der Waals surface area contributed by atoms with Crippen LogP contribution in [0.1, 0.15) is 22.3 Å². The number of benzene rings is 4. The fourth-order valence-electron chi connectivity index (χ4n) is 3.10. The van der Waals surface area contributed by atoms with Gasteiger partial charge < -0.3 is 9.47 Å². The molecule has 4 aromatic rings. The van der Waals surface area contributed by atoms with Gasteiger partial charge in [-0.15, -0.1) is 0 Å². The Bertz CT molecular complexity index is 1160. The lowest BCUT2D eigenvalue weighted by Crippen LogP contribution is -2.09. The summed E-state index contributed by atoms with van der Waals surface area (Å²) in [6.45, 7) is 0.784. The topological polar surface area (TPSA) is 54.7 Å². The molecule has 0 aliphatic carbocycles. The fraction of sp³-hybridized carbons (Fsp3) is 0.0714. The SMILES string of the molecule is N=C(OCc1ccccc1)c1ccc(C(=Nc2ccccc2)OCc2ccccc2)cc1. The van der Waals surface area contributed by atoms with Crippen molar-refractivity contribution in [1.82, 2.24) is 0 Å². The Balaban J connectivity index is 1.49. The van der Waals surface area contributed by atoms with E-state index >= 15 is 0 Å². The summed E-state index contributed by atoms with van der Waals surface area (Å²) < 4.78 is 11.7. The normalized spacial score (nSPS) is 11.1. The third kappa shape index (κ3) is 5.92. The highest BCUT2D eigenvalue weighted by Crippen LogP contribution is 2.16. The standard InChI is InChI=1S/C28H24N2O2/c29-27(31-20-22-10-4-1-5-11-22)24-16-18-25(19-17-24)28(30-26-14-8-3-9-15-26)32-21-23-12-6-2-7-13-23/h1-19,29H,20-21H2. The van der Waals surface area contributed by atoms with E-state index in [-0.39, 0.29) is 5.90 Å². The Morgan fingerprint density at radius 1 is 0.562 bits per heavy atom. The van der Waals surface area contributed by atoms with Crippen molar-refractivity contribution in [2.45, 2.75) is 13.2 Å². The van der Waals surface area contributed by atoms with Gasteiger partial charge in [0.25, 0.3) is 0 Å². The van der Waals surface area contributed by atoms with E-state index in [4.69, 9.17) is 19.9 Å². The Labute approximate surface area is 188 Å². The molecule has 0 heterocycles. The van der Waals surface area contributed by atoms with Crippen molar-refractivity contribution in [2.75, 3.05) is 0 Å². The zero-order chi connectivity index (χ0) is 22.0. The van der Waals surface area contributed by atoms with Gasteiger partial charge in [-0.25, -0.2) is 4.99 Å². The number of hydrogen-bond acceptors (Lipinski definition) is 4. The zero-order valence-electron chi connectivity index (χ0n) is 17.6. The lowest BCUT2D eigenvalue weighted by Gasteiger charge is -2.12. The highest BCUT2D eigenvalue weighted by molar-refractivity contribution is 5.97. The lowest BCUT2D eigenvalue weighted by molar-refractivity contribution is 0.291. The van der Waals surface area contributed by atoms with Crippen LogP contribution in [-0.4, -0.2) is 11.8 Å². The smallest absolute Gasteiger partial charge is 0.221 e. The molecule has 158 valence electrons. The number of rotatable bonds is 7. The van der Waals surface area contributed by atoms with E-state index in [0.717, 1.165) is 22.4 Å². The van der Waals surface area contributed by atoms with Gasteiger partial charge in [0.1, 0.15) is 13.2 Å². The average molecular weight is 421 g/mol. The molecule has 0 atom stereocenters. The molecule has 4 heteroatoms. The molecule has 0 saturated carbocycles. The maximum absolute atomic E-state index is 8.25. The summed E-state index contributed by atoms with van der Waals surface area (Å²) in [5.41, 5.74) is 4.45. The van der Waals surface area contributed by atoms with Crippen LogP contribution >= 0.6 is 0 Å². The molecule has 0 aliphatic rings. The summed E-state index contributed by atoms with van der Waals surface area (Å²) in [7, 11) is 0. The van der Waals surface area contributed by atoms with Crippen molar-refractivity contribution < 1.29 is 9.47 Å². The first-order valence-electron chi connectivity index (χ1n) is 10.4. The van der Waals surface area contributed by atoms with Gasteiger partial charge in [-0.1, -0.05) is 78.9 Å². The molecule has 4 aromatic carbocycles. The monoisotopic (exact) mass is 420 g/mol. The van der Waals surface area contributed by atoms with E-state index in [2.05, 4.69) is 0 Å². The van der Waals surface area contributed by atoms with Crippen LogP contribution in [0, 0.1) is 5.41 Å². The Morgan fingerprint density at radius 2 is 1.03 bits per heavy atom. The summed E-state index contributed by atoms with van der Waals surface area (Å²) in [5.74, 6) is 0.662. The second kappa shape index (κ2) is 10.7. The first kappa shape index (κ1) is 21.1. The van der Waals surface area contributed by atoms with Crippen LogP contribution in [0.5, 0.6) is 0 Å². The number of ether oxygens (including phenoxy) is 2. The van der Waals surface area contributed by atoms with E-state index in [9.17, 15) is 0 Å². The fourth-order valence-corrected chi connectivity index (χ4v) is 3.10. The Morgan fingerprint density at radius 3 is 1.59 bits per heavy atom. The van der Waals surface area contributed by atoms with Crippen molar-refractivity contribution in [2.24, 2.45) is 4.99 Å². The van der Waals surface area contributed by atoms with Crippen LogP contribution in [0.4, 0.5) is 5.69 Å². The minimum atomic E-state index is 0.132. The van der Waals surface area contributed by atoms with E-state index in [0.29, 0.717) is 24.7 Å². The summed E-state index contributed by atoms with van der Waals surface area (Å²) in [6.07, 6.45) is 0. The van der Waals surface area contributed by atoms with Gasteiger partial charge in [0.15, 0.2) is 0 Å². The van der Waals surface area contributed by atoms with Gasteiger partial charge in [0.05, 0.1) is 5.69 Å². The van der Waals surface area contributed by atoms with Crippen LogP contribution in [0.2, 0.25) is 0 Å². The maximum Gasteiger partial charge on any atom is 0.221 e. The minimum absolute atomic E-state index is 0.132. The molecule has 4 rings (SSSR count). The highest BCUT2D eigenvalue weighted by atomic mass is 16.5. The molecule has 1 N–H and O–H groups in total. The summed E-state index contributed by atoms with van der Waals surface area (Å²) in [4.78, 5) is 4.70. The summed E-state index contributed by atoms with van der Waals surface area (Å²) in [6, 6.07) is 37.1. The predicted octanol–water partition coefficient (Wildman–Crippen LogP) is 6.52. The third-order valence-corrected chi connectivity index (χ3v) is 4.83. The van der Waals surface area contributed by atoms with E-state index in [1.165, 1.54) is 0 Å². The number of para-hydroxylation sites is 1. The molecular weight excluding hydrogens is 396 g/mol. The number of nitrogens with one attached hydrogen (secondary N) is 1. The molecule has 0 amide bonds. The molecule has 0 bridgehead atoms. The molecule has 0 radical (unpaired) electrons. The van der Waals surface area contributed by atoms with Crippen molar-refractivity contribution in [3.05, 3.63) is 138 Å². The average Bonchev–Trinajstić information content (AvgIpc) is 2.87. The van der Waals surface area contributed by atoms with Crippen LogP contribution in [0.3, 0.4) is 0 Å². The third-order valence-electron chi connectivity index (χ3n) is 4.83. The molecule has 0 aromatic heterocycles. The van der Waals surface area contributed by atoms with Gasteiger partial charge >= 0.3 is 0 Å². The predicted molar refractivity (Wildman–Crippen MR) is 128 cm³/mol. The lowest BCUT2D eigenvalue weighted by atomic mass is 10.1. The minimum Gasteiger partial charge on any atom is -0.473 e. The number of aliphatic imine (C=N–C) groups is 1. The van der Waals surface area contributed by atoms with Crippen LogP contribution in [0.25, 0.3) is 0 Å². The second-order valence-corrected chi connectivity index (χ2v) is 7.21. The largest absolute Gasteiger partial charge is 0.473 e. The molecule has 0 fully saturated rings. The Hall–Kier alpha value is -4.18. The maximum atomic E-state index is 8.25. The summed E-state index contributed by atoms with van der Waals surface area (Å²) >= 11 is 0. The van der Waals surface area contributed by atoms with Crippen LogP contribution in [0.15, 0.2) is 120 Å². The molecule has 4 nitrogen and oxygen atoms in total. The molecule has 0 aliphatic heterocycles. The van der Waals surface area contributed by atoms with Crippen molar-refractivity contribution in [3.8, 4) is 0 Å². The Kier molecular flexibility index (Phi) is 7.06. The molecule has 0 saturated heterocycles. The van der Waals surface area contributed by atoms with E-state index in [1.54, 1.807) is 0 Å². The highest BCUT2D eigenvalue weighted by Gasteiger charge is 2.09. The molecular formula is C28H24N2O2. The van der Waals surface area contributed by atoms with Gasteiger partial charge in [-0.05, 0) is 47.5 Å².